The molecule has 0 fully saturated rings. The van der Waals surface area contributed by atoms with E-state index in [1.54, 1.807) is 11.8 Å². The number of thioether (sulfide) groups is 1. The lowest BCUT2D eigenvalue weighted by Gasteiger charge is -2.16. The van der Waals surface area contributed by atoms with E-state index in [-0.39, 0.29) is 11.7 Å². The van der Waals surface area contributed by atoms with Crippen molar-refractivity contribution in [3.8, 4) is 0 Å². The largest absolute Gasteiger partial charge is 0.342 e. The molecule has 0 aliphatic heterocycles. The van der Waals surface area contributed by atoms with E-state index < -0.39 is 6.04 Å². The number of benzene rings is 1. The molecule has 0 saturated heterocycles. The summed E-state index contributed by atoms with van der Waals surface area (Å²) in [6.07, 6.45) is 2.43. The summed E-state index contributed by atoms with van der Waals surface area (Å²) in [6.45, 7) is 1.43. The van der Waals surface area contributed by atoms with Crippen LogP contribution in [0, 0.1) is 0 Å². The minimum atomic E-state index is -0.513. The topological polar surface area (TPSA) is 46.2 Å². The number of ketones is 1. The van der Waals surface area contributed by atoms with Gasteiger partial charge in [-0.15, -0.1) is 0 Å². The lowest BCUT2D eigenvalue weighted by atomic mass is 10.0. The van der Waals surface area contributed by atoms with Crippen LogP contribution in [-0.2, 0) is 9.59 Å². The number of amides is 1. The van der Waals surface area contributed by atoms with Crippen molar-refractivity contribution in [1.82, 2.24) is 5.32 Å². The van der Waals surface area contributed by atoms with E-state index in [9.17, 15) is 9.59 Å². The maximum absolute atomic E-state index is 12.0. The van der Waals surface area contributed by atoms with Crippen molar-refractivity contribution in [2.24, 2.45) is 0 Å². The predicted octanol–water partition coefficient (Wildman–Crippen LogP) is 2.19. The van der Waals surface area contributed by atoms with Gasteiger partial charge in [0.05, 0.1) is 0 Å². The van der Waals surface area contributed by atoms with E-state index in [0.717, 1.165) is 11.3 Å². The summed E-state index contributed by atoms with van der Waals surface area (Å²) in [7, 11) is 0. The van der Waals surface area contributed by atoms with Crippen molar-refractivity contribution in [2.45, 2.75) is 19.4 Å². The molecule has 0 bridgehead atoms. The standard InChI is InChI=1S/C13H17NO2S/c1-10(15)14-13(12(16)8-9-17-2)11-6-4-3-5-7-11/h3-7,13H,8-9H2,1-2H3,(H,14,15)/t13-/m1/s1. The van der Waals surface area contributed by atoms with Crippen LogP contribution in [-0.4, -0.2) is 23.7 Å². The van der Waals surface area contributed by atoms with Crippen molar-refractivity contribution < 1.29 is 9.59 Å². The van der Waals surface area contributed by atoms with Crippen LogP contribution < -0.4 is 5.32 Å². The van der Waals surface area contributed by atoms with Gasteiger partial charge >= 0.3 is 0 Å². The van der Waals surface area contributed by atoms with Crippen molar-refractivity contribution >= 4 is 23.5 Å². The summed E-state index contributed by atoms with van der Waals surface area (Å²) >= 11 is 1.63. The Morgan fingerprint density at radius 1 is 1.29 bits per heavy atom. The van der Waals surface area contributed by atoms with Crippen LogP contribution in [0.5, 0.6) is 0 Å². The molecule has 1 aromatic rings. The molecule has 1 N–H and O–H groups in total. The lowest BCUT2D eigenvalue weighted by molar-refractivity contribution is -0.126. The molecule has 17 heavy (non-hydrogen) atoms. The van der Waals surface area contributed by atoms with Gasteiger partial charge in [0.15, 0.2) is 5.78 Å². The first-order valence-electron chi connectivity index (χ1n) is 5.49. The molecule has 1 atom stereocenters. The molecule has 3 nitrogen and oxygen atoms in total. The van der Waals surface area contributed by atoms with E-state index in [1.165, 1.54) is 6.92 Å². The smallest absolute Gasteiger partial charge is 0.217 e. The van der Waals surface area contributed by atoms with Crippen LogP contribution in [0.3, 0.4) is 0 Å². The summed E-state index contributed by atoms with van der Waals surface area (Å²) in [5, 5.41) is 2.71. The Kier molecular flexibility index (Phi) is 5.77. The molecule has 0 spiro atoms. The molecule has 0 saturated carbocycles. The van der Waals surface area contributed by atoms with E-state index in [2.05, 4.69) is 5.32 Å². The molecule has 4 heteroatoms. The fourth-order valence-corrected chi connectivity index (χ4v) is 1.95. The van der Waals surface area contributed by atoms with Crippen molar-refractivity contribution in [2.75, 3.05) is 12.0 Å². The van der Waals surface area contributed by atoms with E-state index >= 15 is 0 Å². The van der Waals surface area contributed by atoms with Crippen LogP contribution in [0.15, 0.2) is 30.3 Å². The summed E-state index contributed by atoms with van der Waals surface area (Å²) in [4.78, 5) is 23.1. The third-order valence-electron chi connectivity index (χ3n) is 2.36. The Morgan fingerprint density at radius 3 is 2.47 bits per heavy atom. The number of hydrogen-bond donors (Lipinski definition) is 1. The Hall–Kier alpha value is -1.29. The third-order valence-corrected chi connectivity index (χ3v) is 2.97. The summed E-state index contributed by atoms with van der Waals surface area (Å²) in [5.74, 6) is 0.652. The van der Waals surface area contributed by atoms with Crippen LogP contribution in [0.4, 0.5) is 0 Å². The van der Waals surface area contributed by atoms with Gasteiger partial charge in [0.1, 0.15) is 6.04 Å². The minimum Gasteiger partial charge on any atom is -0.342 e. The number of rotatable bonds is 6. The van der Waals surface area contributed by atoms with E-state index in [0.29, 0.717) is 6.42 Å². The molecule has 0 aromatic heterocycles. The van der Waals surface area contributed by atoms with Crippen molar-refractivity contribution in [3.05, 3.63) is 35.9 Å². The Bertz CT molecular complexity index is 378. The number of Topliss-reactive ketones (excluding diaryl/α,β-unsaturated/α-hetero) is 1. The molecule has 0 heterocycles. The highest BCUT2D eigenvalue weighted by molar-refractivity contribution is 7.98. The van der Waals surface area contributed by atoms with Gasteiger partial charge in [-0.1, -0.05) is 30.3 Å². The second-order valence-corrected chi connectivity index (χ2v) is 4.74. The molecule has 0 aliphatic rings. The van der Waals surface area contributed by atoms with Crippen molar-refractivity contribution in [3.63, 3.8) is 0 Å². The molecule has 92 valence electrons. The van der Waals surface area contributed by atoms with Crippen LogP contribution in [0.25, 0.3) is 0 Å². The number of carbonyl (C=O) groups is 2. The van der Waals surface area contributed by atoms with Gasteiger partial charge in [-0.3, -0.25) is 9.59 Å². The van der Waals surface area contributed by atoms with Gasteiger partial charge in [0.2, 0.25) is 5.91 Å². The molecule has 1 rings (SSSR count). The molecule has 0 radical (unpaired) electrons. The number of hydrogen-bond acceptors (Lipinski definition) is 3. The SMILES string of the molecule is CSCCC(=O)[C@H](NC(C)=O)c1ccccc1. The quantitative estimate of drug-likeness (QED) is 0.843. The molecule has 1 aromatic carbocycles. The molecule has 1 amide bonds. The first kappa shape index (κ1) is 13.8. The minimum absolute atomic E-state index is 0.0563. The second kappa shape index (κ2) is 7.12. The monoisotopic (exact) mass is 251 g/mol. The van der Waals surface area contributed by atoms with Crippen LogP contribution in [0.2, 0.25) is 0 Å². The Morgan fingerprint density at radius 2 is 1.94 bits per heavy atom. The first-order valence-corrected chi connectivity index (χ1v) is 6.88. The average molecular weight is 251 g/mol. The van der Waals surface area contributed by atoms with Gasteiger partial charge in [0.25, 0.3) is 0 Å². The Balaban J connectivity index is 2.80. The molecular formula is C13H17NO2S. The van der Waals surface area contributed by atoms with Gasteiger partial charge in [-0.05, 0) is 17.6 Å². The van der Waals surface area contributed by atoms with E-state index in [4.69, 9.17) is 0 Å². The van der Waals surface area contributed by atoms with Crippen LogP contribution >= 0.6 is 11.8 Å². The summed E-state index contributed by atoms with van der Waals surface area (Å²) in [5.41, 5.74) is 0.841. The zero-order valence-corrected chi connectivity index (χ0v) is 10.9. The van der Waals surface area contributed by atoms with Gasteiger partial charge in [-0.2, -0.15) is 11.8 Å². The molecule has 0 aliphatic carbocycles. The fourth-order valence-electron chi connectivity index (χ4n) is 1.55. The predicted molar refractivity (Wildman–Crippen MR) is 71.0 cm³/mol. The molecular weight excluding hydrogens is 234 g/mol. The zero-order chi connectivity index (χ0) is 12.7. The first-order chi connectivity index (χ1) is 8.15. The maximum atomic E-state index is 12.0. The fraction of sp³-hybridized carbons (Fsp3) is 0.385. The van der Waals surface area contributed by atoms with Gasteiger partial charge in [0, 0.05) is 13.3 Å². The highest BCUT2D eigenvalue weighted by atomic mass is 32.2. The average Bonchev–Trinajstić information content (AvgIpc) is 2.34. The number of carbonyl (C=O) groups excluding carboxylic acids is 2. The second-order valence-electron chi connectivity index (χ2n) is 3.75. The lowest BCUT2D eigenvalue weighted by Crippen LogP contribution is -2.32. The highest BCUT2D eigenvalue weighted by Gasteiger charge is 2.20. The van der Waals surface area contributed by atoms with Crippen LogP contribution in [0.1, 0.15) is 24.9 Å². The van der Waals surface area contributed by atoms with Gasteiger partial charge in [-0.25, -0.2) is 0 Å². The zero-order valence-electron chi connectivity index (χ0n) is 10.1. The summed E-state index contributed by atoms with van der Waals surface area (Å²) < 4.78 is 0. The maximum Gasteiger partial charge on any atom is 0.217 e. The molecule has 0 unspecified atom stereocenters. The summed E-state index contributed by atoms with van der Waals surface area (Å²) in [6, 6.07) is 8.83. The van der Waals surface area contributed by atoms with Gasteiger partial charge < -0.3 is 5.32 Å². The normalized spacial score (nSPS) is 11.9. The van der Waals surface area contributed by atoms with Crippen molar-refractivity contribution in [1.29, 1.82) is 0 Å². The number of nitrogens with one attached hydrogen (secondary N) is 1. The van der Waals surface area contributed by atoms with E-state index in [1.807, 2.05) is 36.6 Å². The Labute approximate surface area is 106 Å². The third kappa shape index (κ3) is 4.61. The highest BCUT2D eigenvalue weighted by Crippen LogP contribution is 2.16.